The summed E-state index contributed by atoms with van der Waals surface area (Å²) >= 11 is 3.81. The Morgan fingerprint density at radius 1 is 0.203 bits per heavy atom. The quantitative estimate of drug-likeness (QED) is 0.152. The Hall–Kier alpha value is -7.62. The molecule has 14 aromatic rings. The van der Waals surface area contributed by atoms with Crippen molar-refractivity contribution in [3.05, 3.63) is 194 Å². The van der Waals surface area contributed by atoms with Crippen molar-refractivity contribution in [3.8, 4) is 66.8 Å². The molecule has 0 fully saturated rings. The van der Waals surface area contributed by atoms with Crippen LogP contribution in [0.2, 0.25) is 0 Å². The van der Waals surface area contributed by atoms with Crippen molar-refractivity contribution in [2.45, 2.75) is 0 Å². The largest absolute Gasteiger partial charge is 0.135 e. The van der Waals surface area contributed by atoms with E-state index in [1.807, 2.05) is 22.7 Å². The van der Waals surface area contributed by atoms with E-state index >= 15 is 0 Å². The Balaban J connectivity index is 1.15. The van der Waals surface area contributed by atoms with Crippen molar-refractivity contribution < 1.29 is 0 Å². The first kappa shape index (κ1) is 33.9. The van der Waals surface area contributed by atoms with Crippen molar-refractivity contribution in [3.63, 3.8) is 0 Å². The van der Waals surface area contributed by atoms with Crippen LogP contribution in [-0.2, 0) is 0 Å². The summed E-state index contributed by atoms with van der Waals surface area (Å²) in [6, 6.07) is 74.2. The molecule has 0 bridgehead atoms. The van der Waals surface area contributed by atoms with Gasteiger partial charge in [0, 0.05) is 40.3 Å². The molecule has 0 saturated heterocycles. The summed E-state index contributed by atoms with van der Waals surface area (Å²) < 4.78 is 5.29. The van der Waals surface area contributed by atoms with E-state index < -0.39 is 0 Å². The van der Waals surface area contributed by atoms with E-state index in [0.717, 1.165) is 0 Å². The molecule has 0 atom stereocenters. The number of thiophene rings is 2. The van der Waals surface area contributed by atoms with Crippen LogP contribution in [-0.4, -0.2) is 0 Å². The van der Waals surface area contributed by atoms with Crippen LogP contribution in [0, 0.1) is 0 Å². The van der Waals surface area contributed by atoms with Crippen LogP contribution in [0.25, 0.3) is 161 Å². The second kappa shape index (κ2) is 12.1. The van der Waals surface area contributed by atoms with Gasteiger partial charge in [-0.05, 0) is 157 Å². The lowest BCUT2D eigenvalue weighted by Gasteiger charge is -2.23. The van der Waals surface area contributed by atoms with E-state index in [2.05, 4.69) is 194 Å². The van der Waals surface area contributed by atoms with E-state index in [-0.39, 0.29) is 0 Å². The van der Waals surface area contributed by atoms with E-state index in [9.17, 15) is 0 Å². The molecule has 0 amide bonds. The molecule has 2 aliphatic carbocycles. The van der Waals surface area contributed by atoms with Gasteiger partial charge in [-0.25, -0.2) is 0 Å². The normalized spacial score (nSPS) is 12.7. The smallest absolute Gasteiger partial charge is 0.0361 e. The zero-order valence-electron chi connectivity index (χ0n) is 34.3. The standard InChI is InChI=1S/C62H32S2/c1-3-23-50-40(15-1)56-44(21-9-25-52(56)63-50)59-46-30-29-36-39(28-27-35-31-48-37-17-5-11-33-12-6-18-38(54(33)37)49(48)32-47(35)36)58(46)61(45-22-10-26-53-57(45)41-16-2-4-24-51(41)64-53)62-43-20-8-14-34-13-7-19-42(55(34)43)60(59)62/h1-32H. The molecular weight excluding hydrogens is 809 g/mol. The van der Waals surface area contributed by atoms with Crippen LogP contribution in [0.3, 0.4) is 0 Å². The van der Waals surface area contributed by atoms with Crippen LogP contribution >= 0.6 is 22.7 Å². The maximum Gasteiger partial charge on any atom is 0.0361 e. The zero-order chi connectivity index (χ0) is 41.4. The van der Waals surface area contributed by atoms with Crippen LogP contribution in [0.1, 0.15) is 0 Å². The fraction of sp³-hybridized carbons (Fsp3) is 0. The van der Waals surface area contributed by atoms with Gasteiger partial charge >= 0.3 is 0 Å². The molecule has 2 heteroatoms. The lowest BCUT2D eigenvalue weighted by Crippen LogP contribution is -1.96. The van der Waals surface area contributed by atoms with Gasteiger partial charge in [-0.1, -0.05) is 158 Å². The van der Waals surface area contributed by atoms with Gasteiger partial charge in [0.2, 0.25) is 0 Å². The van der Waals surface area contributed by atoms with Gasteiger partial charge in [-0.2, -0.15) is 0 Å². The minimum absolute atomic E-state index is 1.27. The minimum atomic E-state index is 1.27. The highest BCUT2D eigenvalue weighted by atomic mass is 32.1. The van der Waals surface area contributed by atoms with Crippen LogP contribution in [0.15, 0.2) is 194 Å². The van der Waals surface area contributed by atoms with Crippen LogP contribution < -0.4 is 0 Å². The predicted octanol–water partition coefficient (Wildman–Crippen LogP) is 18.8. The maximum absolute atomic E-state index is 2.50. The highest BCUT2D eigenvalue weighted by Crippen LogP contribution is 2.61. The highest BCUT2D eigenvalue weighted by molar-refractivity contribution is 7.26. The van der Waals surface area contributed by atoms with Gasteiger partial charge in [-0.3, -0.25) is 0 Å². The number of hydrogen-bond acceptors (Lipinski definition) is 2. The summed E-state index contributed by atoms with van der Waals surface area (Å²) in [7, 11) is 0. The van der Waals surface area contributed by atoms with Crippen molar-refractivity contribution in [1.29, 1.82) is 0 Å². The maximum atomic E-state index is 2.50. The molecule has 16 rings (SSSR count). The molecular formula is C62H32S2. The van der Waals surface area contributed by atoms with Gasteiger partial charge in [0.15, 0.2) is 0 Å². The lowest BCUT2D eigenvalue weighted by molar-refractivity contribution is 1.69. The fourth-order valence-corrected chi connectivity index (χ4v) is 14.5. The molecule has 2 aliphatic rings. The predicted molar refractivity (Wildman–Crippen MR) is 279 cm³/mol. The Kier molecular flexibility index (Phi) is 6.41. The average molecular weight is 841 g/mol. The first-order chi connectivity index (χ1) is 31.8. The average Bonchev–Trinajstić information content (AvgIpc) is 4.10. The molecule has 2 heterocycles. The van der Waals surface area contributed by atoms with Gasteiger partial charge in [-0.15, -0.1) is 22.7 Å². The van der Waals surface area contributed by atoms with Crippen molar-refractivity contribution >= 4 is 117 Å². The summed E-state index contributed by atoms with van der Waals surface area (Å²) in [5.74, 6) is 0. The molecule has 64 heavy (non-hydrogen) atoms. The monoisotopic (exact) mass is 840 g/mol. The second-order valence-electron chi connectivity index (χ2n) is 17.7. The van der Waals surface area contributed by atoms with E-state index in [1.54, 1.807) is 0 Å². The zero-order valence-corrected chi connectivity index (χ0v) is 35.9. The van der Waals surface area contributed by atoms with E-state index in [0.29, 0.717) is 0 Å². The van der Waals surface area contributed by atoms with Gasteiger partial charge in [0.05, 0.1) is 0 Å². The second-order valence-corrected chi connectivity index (χ2v) is 19.9. The third-order valence-corrected chi connectivity index (χ3v) is 17.0. The minimum Gasteiger partial charge on any atom is -0.135 e. The van der Waals surface area contributed by atoms with Gasteiger partial charge < -0.3 is 0 Å². The molecule has 2 aromatic heterocycles. The number of fused-ring (bicyclic) bond motifs is 17. The van der Waals surface area contributed by atoms with E-state index in [1.165, 1.54) is 161 Å². The number of hydrogen-bond donors (Lipinski definition) is 0. The third kappa shape index (κ3) is 4.19. The van der Waals surface area contributed by atoms with Crippen molar-refractivity contribution in [2.24, 2.45) is 0 Å². The first-order valence-electron chi connectivity index (χ1n) is 22.2. The molecule has 0 unspecified atom stereocenters. The molecule has 0 aliphatic heterocycles. The molecule has 0 radical (unpaired) electrons. The molecule has 292 valence electrons. The van der Waals surface area contributed by atoms with Gasteiger partial charge in [0.1, 0.15) is 0 Å². The summed E-state index contributed by atoms with van der Waals surface area (Å²) in [6.07, 6.45) is 0. The summed E-state index contributed by atoms with van der Waals surface area (Å²) in [6.45, 7) is 0. The number of rotatable bonds is 2. The Bertz CT molecular complexity index is 4470. The summed E-state index contributed by atoms with van der Waals surface area (Å²) in [5, 5.41) is 18.4. The molecule has 0 saturated carbocycles. The molecule has 0 nitrogen and oxygen atoms in total. The highest BCUT2D eigenvalue weighted by Gasteiger charge is 2.33. The number of benzene rings is 12. The Morgan fingerprint density at radius 3 is 1.28 bits per heavy atom. The van der Waals surface area contributed by atoms with Gasteiger partial charge in [0.25, 0.3) is 0 Å². The molecule has 0 N–H and O–H groups in total. The fourth-order valence-electron chi connectivity index (χ4n) is 12.2. The van der Waals surface area contributed by atoms with Crippen LogP contribution in [0.4, 0.5) is 0 Å². The summed E-state index contributed by atoms with van der Waals surface area (Å²) in [5.41, 5.74) is 15.9. The van der Waals surface area contributed by atoms with Crippen LogP contribution in [0.5, 0.6) is 0 Å². The topological polar surface area (TPSA) is 0 Å². The molecule has 12 aromatic carbocycles. The summed E-state index contributed by atoms with van der Waals surface area (Å²) in [4.78, 5) is 0. The first-order valence-corrected chi connectivity index (χ1v) is 23.8. The van der Waals surface area contributed by atoms with Crippen molar-refractivity contribution in [2.75, 3.05) is 0 Å². The molecule has 0 spiro atoms. The third-order valence-electron chi connectivity index (χ3n) is 14.7. The SMILES string of the molecule is c1cc2c3c(cccc3c1)-c1cc3c(ccc4c3ccc3c(-c5cccc6sc7ccccc7c56)c5c(c(-c6cccc7sc8ccccc8c67)c34)-c3cccc4cccc-5c34)cc1-2. The van der Waals surface area contributed by atoms with Crippen molar-refractivity contribution in [1.82, 2.24) is 0 Å². The Morgan fingerprint density at radius 2 is 0.656 bits per heavy atom. The Labute approximate surface area is 375 Å². The van der Waals surface area contributed by atoms with E-state index in [4.69, 9.17) is 0 Å². The lowest BCUT2D eigenvalue weighted by atomic mass is 9.79.